The number of carbonyl (C=O) groups is 2. The van der Waals surface area contributed by atoms with Crippen molar-refractivity contribution in [3.63, 3.8) is 0 Å². The minimum Gasteiger partial charge on any atom is -0.341 e. The minimum atomic E-state index is -0.385. The molecule has 5 aromatic rings. The van der Waals surface area contributed by atoms with Crippen molar-refractivity contribution in [3.05, 3.63) is 95.4 Å². The monoisotopic (exact) mass is 587 g/mol. The summed E-state index contributed by atoms with van der Waals surface area (Å²) in [6.07, 6.45) is 7.22. The third-order valence-corrected chi connectivity index (χ3v) is 8.76. The number of carbonyl (C=O) groups excluding carboxylic acids is 2. The van der Waals surface area contributed by atoms with Crippen molar-refractivity contribution >= 4 is 56.6 Å². The van der Waals surface area contributed by atoms with Crippen molar-refractivity contribution in [1.82, 2.24) is 30.6 Å². The lowest BCUT2D eigenvalue weighted by atomic mass is 9.97. The Kier molecular flexibility index (Phi) is 7.53. The Morgan fingerprint density at radius 2 is 1.72 bits per heavy atom. The van der Waals surface area contributed by atoms with Crippen LogP contribution in [0.25, 0.3) is 39.0 Å². The van der Waals surface area contributed by atoms with Gasteiger partial charge in [-0.3, -0.25) is 24.9 Å². The molecule has 7 rings (SSSR count). The Hall–Kier alpha value is -4.67. The van der Waals surface area contributed by atoms with Gasteiger partial charge >= 0.3 is 0 Å². The lowest BCUT2D eigenvalue weighted by Gasteiger charge is -2.32. The van der Waals surface area contributed by atoms with E-state index >= 15 is 0 Å². The van der Waals surface area contributed by atoms with Gasteiger partial charge in [-0.2, -0.15) is 0 Å². The number of nitrogens with one attached hydrogen (secondary N) is 2. The molecule has 214 valence electrons. The fourth-order valence-electron chi connectivity index (χ4n) is 5.74. The van der Waals surface area contributed by atoms with Crippen LogP contribution >= 0.6 is 11.8 Å². The highest BCUT2D eigenvalue weighted by Crippen LogP contribution is 2.30. The number of para-hydroxylation sites is 1. The molecule has 2 aliphatic heterocycles. The lowest BCUT2D eigenvalue weighted by molar-refractivity contribution is -0.115. The van der Waals surface area contributed by atoms with Gasteiger partial charge < -0.3 is 10.2 Å². The average molecular weight is 588 g/mol. The molecule has 0 spiro atoms. The normalized spacial score (nSPS) is 16.8. The predicted molar refractivity (Wildman–Crippen MR) is 170 cm³/mol. The van der Waals surface area contributed by atoms with Gasteiger partial charge in [-0.1, -0.05) is 42.5 Å². The number of nitrogens with zero attached hydrogens (tertiary/aromatic N) is 5. The van der Waals surface area contributed by atoms with E-state index in [9.17, 15) is 9.59 Å². The highest BCUT2D eigenvalue weighted by Gasteiger charge is 2.26. The van der Waals surface area contributed by atoms with E-state index in [1.54, 1.807) is 18.3 Å². The SMILES string of the molecule is O=C1NC(=O)/C(=C\c2ccnc(N3CCC(CNCc4nc(-c5ccnc6ccccc56)cc5ccccc45)CC3)n2)S1. The molecule has 0 saturated carbocycles. The van der Waals surface area contributed by atoms with Crippen LogP contribution in [0.15, 0.2) is 84.0 Å². The summed E-state index contributed by atoms with van der Waals surface area (Å²) in [5.74, 6) is 0.792. The van der Waals surface area contributed by atoms with Crippen LogP contribution < -0.4 is 15.5 Å². The number of aromatic nitrogens is 4. The molecular formula is C33H29N7O2S. The van der Waals surface area contributed by atoms with E-state index in [1.807, 2.05) is 30.5 Å². The zero-order valence-corrected chi connectivity index (χ0v) is 24.2. The van der Waals surface area contributed by atoms with E-state index in [0.29, 0.717) is 29.0 Å². The first-order chi connectivity index (χ1) is 21.1. The van der Waals surface area contributed by atoms with Crippen LogP contribution in [0.1, 0.15) is 24.2 Å². The van der Waals surface area contributed by atoms with Crippen LogP contribution in [0.2, 0.25) is 0 Å². The first-order valence-corrected chi connectivity index (χ1v) is 15.2. The Labute approximate surface area is 252 Å². The summed E-state index contributed by atoms with van der Waals surface area (Å²) in [5, 5.41) is 9.04. The van der Waals surface area contributed by atoms with Crippen LogP contribution in [0.3, 0.4) is 0 Å². The number of hydrogen-bond acceptors (Lipinski definition) is 9. The van der Waals surface area contributed by atoms with Crippen molar-refractivity contribution in [1.29, 1.82) is 0 Å². The van der Waals surface area contributed by atoms with Crippen molar-refractivity contribution < 1.29 is 9.59 Å². The summed E-state index contributed by atoms with van der Waals surface area (Å²) in [5.41, 5.74) is 4.67. The molecule has 2 aromatic carbocycles. The van der Waals surface area contributed by atoms with E-state index in [1.165, 1.54) is 5.39 Å². The Morgan fingerprint density at radius 3 is 2.56 bits per heavy atom. The van der Waals surface area contributed by atoms with Gasteiger partial charge in [0.15, 0.2) is 0 Å². The molecule has 2 N–H and O–H groups in total. The van der Waals surface area contributed by atoms with Gasteiger partial charge in [0.1, 0.15) is 0 Å². The molecule has 10 heteroatoms. The first kappa shape index (κ1) is 27.2. The van der Waals surface area contributed by atoms with Gasteiger partial charge in [-0.25, -0.2) is 9.97 Å². The number of imide groups is 1. The number of anilines is 1. The molecule has 2 fully saturated rings. The second kappa shape index (κ2) is 11.9. The third kappa shape index (κ3) is 5.84. The second-order valence-corrected chi connectivity index (χ2v) is 11.8. The Morgan fingerprint density at radius 1 is 0.930 bits per heavy atom. The highest BCUT2D eigenvalue weighted by molar-refractivity contribution is 8.18. The zero-order chi connectivity index (χ0) is 29.2. The number of amides is 2. The van der Waals surface area contributed by atoms with E-state index < -0.39 is 0 Å². The van der Waals surface area contributed by atoms with E-state index in [2.05, 4.69) is 66.9 Å². The minimum absolute atomic E-state index is 0.348. The highest BCUT2D eigenvalue weighted by atomic mass is 32.2. The van der Waals surface area contributed by atoms with Gasteiger partial charge in [0.05, 0.1) is 27.5 Å². The van der Waals surface area contributed by atoms with Gasteiger partial charge in [-0.05, 0) is 72.8 Å². The maximum atomic E-state index is 11.9. The molecule has 0 radical (unpaired) electrons. The molecule has 0 unspecified atom stereocenters. The fraction of sp³-hybridized carbons (Fsp3) is 0.212. The fourth-order valence-corrected chi connectivity index (χ4v) is 6.41. The van der Waals surface area contributed by atoms with Crippen LogP contribution in [0, 0.1) is 5.92 Å². The molecule has 43 heavy (non-hydrogen) atoms. The second-order valence-electron chi connectivity index (χ2n) is 10.7. The molecule has 0 bridgehead atoms. The van der Waals surface area contributed by atoms with Crippen LogP contribution in [0.4, 0.5) is 10.7 Å². The molecule has 2 amide bonds. The molecule has 5 heterocycles. The van der Waals surface area contributed by atoms with Crippen molar-refractivity contribution in [2.75, 3.05) is 24.5 Å². The summed E-state index contributed by atoms with van der Waals surface area (Å²) in [7, 11) is 0. The topological polar surface area (TPSA) is 113 Å². The molecule has 0 atom stereocenters. The maximum Gasteiger partial charge on any atom is 0.290 e. The maximum absolute atomic E-state index is 11.9. The largest absolute Gasteiger partial charge is 0.341 e. The van der Waals surface area contributed by atoms with Crippen LogP contribution in [0.5, 0.6) is 0 Å². The molecule has 9 nitrogen and oxygen atoms in total. The standard InChI is InChI=1S/C33H29N7O2S/c41-31-30(43-33(42)39-31)18-23-9-13-36-32(37-23)40-15-11-21(12-16-40)19-34-20-29-24-6-2-1-5-22(24)17-28(38-29)26-10-14-35-27-8-4-3-7-25(26)27/h1-10,13-14,17-18,21,34H,11-12,15-16,19-20H2,(H,39,41,42)/b30-18+. The number of pyridine rings is 2. The van der Waals surface area contributed by atoms with E-state index in [-0.39, 0.29) is 11.1 Å². The third-order valence-electron chi connectivity index (χ3n) is 7.95. The van der Waals surface area contributed by atoms with Crippen molar-refractivity contribution in [2.24, 2.45) is 5.92 Å². The molecule has 0 aliphatic carbocycles. The number of thioether (sulfide) groups is 1. The number of hydrogen-bond donors (Lipinski definition) is 2. The number of fused-ring (bicyclic) bond motifs is 2. The quantitative estimate of drug-likeness (QED) is 0.236. The Balaban J connectivity index is 1.01. The average Bonchev–Trinajstić information content (AvgIpc) is 3.36. The number of benzene rings is 2. The van der Waals surface area contributed by atoms with Gasteiger partial charge in [-0.15, -0.1) is 0 Å². The van der Waals surface area contributed by atoms with Gasteiger partial charge in [0, 0.05) is 48.4 Å². The summed E-state index contributed by atoms with van der Waals surface area (Å²) < 4.78 is 0. The summed E-state index contributed by atoms with van der Waals surface area (Å²) in [6.45, 7) is 3.29. The van der Waals surface area contributed by atoms with Crippen molar-refractivity contribution in [2.45, 2.75) is 19.4 Å². The van der Waals surface area contributed by atoms with Gasteiger partial charge in [0.25, 0.3) is 11.1 Å². The molecule has 2 saturated heterocycles. The summed E-state index contributed by atoms with van der Waals surface area (Å²) in [4.78, 5) is 44.7. The number of piperidine rings is 1. The molecule has 2 aliphatic rings. The lowest BCUT2D eigenvalue weighted by Crippen LogP contribution is -2.38. The van der Waals surface area contributed by atoms with E-state index in [4.69, 9.17) is 4.98 Å². The molecular weight excluding hydrogens is 558 g/mol. The van der Waals surface area contributed by atoms with Gasteiger partial charge in [0.2, 0.25) is 5.95 Å². The zero-order valence-electron chi connectivity index (χ0n) is 23.4. The van der Waals surface area contributed by atoms with Crippen molar-refractivity contribution in [3.8, 4) is 11.3 Å². The smallest absolute Gasteiger partial charge is 0.290 e. The van der Waals surface area contributed by atoms with Crippen LogP contribution in [-0.4, -0.2) is 50.7 Å². The van der Waals surface area contributed by atoms with Crippen LogP contribution in [-0.2, 0) is 11.3 Å². The Bertz CT molecular complexity index is 1880. The van der Waals surface area contributed by atoms with E-state index in [0.717, 1.165) is 77.5 Å². The summed E-state index contributed by atoms with van der Waals surface area (Å²) >= 11 is 0.890. The molecule has 3 aromatic heterocycles. The summed E-state index contributed by atoms with van der Waals surface area (Å²) in [6, 6.07) is 22.6. The number of rotatable bonds is 7. The first-order valence-electron chi connectivity index (χ1n) is 14.4. The predicted octanol–water partition coefficient (Wildman–Crippen LogP) is 5.57.